The van der Waals surface area contributed by atoms with Gasteiger partial charge in [-0.2, -0.15) is 0 Å². The Bertz CT molecular complexity index is 599. The van der Waals surface area contributed by atoms with Gasteiger partial charge in [0.15, 0.2) is 0 Å². The van der Waals surface area contributed by atoms with Gasteiger partial charge in [0.1, 0.15) is 18.1 Å². The number of benzene rings is 1. The van der Waals surface area contributed by atoms with Crippen LogP contribution < -0.4 is 15.2 Å². The van der Waals surface area contributed by atoms with E-state index in [0.29, 0.717) is 6.61 Å². The summed E-state index contributed by atoms with van der Waals surface area (Å²) in [5.74, 6) is 1.61. The Labute approximate surface area is 125 Å². The summed E-state index contributed by atoms with van der Waals surface area (Å²) in [6.45, 7) is 4.40. The van der Waals surface area contributed by atoms with E-state index in [0.717, 1.165) is 34.9 Å². The molecule has 1 aromatic heterocycles. The van der Waals surface area contributed by atoms with Gasteiger partial charge < -0.3 is 15.2 Å². The summed E-state index contributed by atoms with van der Waals surface area (Å²) in [6.07, 6.45) is 0.872. The van der Waals surface area contributed by atoms with Gasteiger partial charge in [-0.25, -0.2) is 0 Å². The summed E-state index contributed by atoms with van der Waals surface area (Å²) < 4.78 is 11.2. The SMILES string of the molecule is CC[C@@H](N)c1ccccc1OCc1cc(OC)cc(C)n1. The van der Waals surface area contributed by atoms with E-state index in [9.17, 15) is 0 Å². The average molecular weight is 286 g/mol. The lowest BCUT2D eigenvalue weighted by atomic mass is 10.0. The van der Waals surface area contributed by atoms with Crippen LogP contribution in [0.5, 0.6) is 11.5 Å². The van der Waals surface area contributed by atoms with Crippen molar-refractivity contribution in [2.45, 2.75) is 32.9 Å². The Balaban J connectivity index is 2.15. The minimum atomic E-state index is -0.0128. The number of pyridine rings is 1. The number of para-hydroxylation sites is 1. The van der Waals surface area contributed by atoms with Crippen LogP contribution in [-0.4, -0.2) is 12.1 Å². The first-order valence-electron chi connectivity index (χ1n) is 7.13. The van der Waals surface area contributed by atoms with Gasteiger partial charge in [-0.1, -0.05) is 25.1 Å². The van der Waals surface area contributed by atoms with Crippen molar-refractivity contribution < 1.29 is 9.47 Å². The maximum absolute atomic E-state index is 6.12. The summed E-state index contributed by atoms with van der Waals surface area (Å²) in [7, 11) is 1.65. The lowest BCUT2D eigenvalue weighted by molar-refractivity contribution is 0.294. The molecule has 0 saturated carbocycles. The normalized spacial score (nSPS) is 12.0. The zero-order chi connectivity index (χ0) is 15.2. The van der Waals surface area contributed by atoms with Crippen LogP contribution in [0, 0.1) is 6.92 Å². The van der Waals surface area contributed by atoms with E-state index < -0.39 is 0 Å². The second kappa shape index (κ2) is 7.09. The van der Waals surface area contributed by atoms with E-state index in [4.69, 9.17) is 15.2 Å². The number of methoxy groups -OCH3 is 1. The van der Waals surface area contributed by atoms with Crippen molar-refractivity contribution in [2.75, 3.05) is 7.11 Å². The van der Waals surface area contributed by atoms with Crippen molar-refractivity contribution in [3.05, 3.63) is 53.3 Å². The standard InChI is InChI=1S/C17H22N2O2/c1-4-16(18)15-7-5-6-8-17(15)21-11-13-10-14(20-3)9-12(2)19-13/h5-10,16H,4,11,18H2,1-3H3/t16-/m1/s1. The van der Waals surface area contributed by atoms with Crippen LogP contribution in [0.25, 0.3) is 0 Å². The number of aromatic nitrogens is 1. The monoisotopic (exact) mass is 286 g/mol. The number of nitrogens with zero attached hydrogens (tertiary/aromatic N) is 1. The van der Waals surface area contributed by atoms with Crippen LogP contribution in [0.3, 0.4) is 0 Å². The van der Waals surface area contributed by atoms with Gasteiger partial charge in [-0.3, -0.25) is 4.98 Å². The van der Waals surface area contributed by atoms with Gasteiger partial charge in [0.05, 0.1) is 12.8 Å². The third-order valence-corrected chi connectivity index (χ3v) is 3.35. The van der Waals surface area contributed by atoms with Gasteiger partial charge >= 0.3 is 0 Å². The molecule has 112 valence electrons. The molecule has 0 bridgehead atoms. The summed E-state index contributed by atoms with van der Waals surface area (Å²) in [5, 5.41) is 0. The Morgan fingerprint density at radius 3 is 2.71 bits per heavy atom. The Hall–Kier alpha value is -2.07. The molecule has 1 aromatic carbocycles. The molecule has 0 aliphatic heterocycles. The minimum Gasteiger partial charge on any atom is -0.497 e. The quantitative estimate of drug-likeness (QED) is 0.884. The minimum absolute atomic E-state index is 0.0128. The molecule has 21 heavy (non-hydrogen) atoms. The highest BCUT2D eigenvalue weighted by Gasteiger charge is 2.10. The first-order chi connectivity index (χ1) is 10.1. The molecule has 0 amide bonds. The van der Waals surface area contributed by atoms with E-state index in [1.807, 2.05) is 43.3 Å². The number of nitrogens with two attached hydrogens (primary N) is 1. The number of hydrogen-bond acceptors (Lipinski definition) is 4. The molecule has 1 atom stereocenters. The first-order valence-corrected chi connectivity index (χ1v) is 7.13. The number of aryl methyl sites for hydroxylation is 1. The van der Waals surface area contributed by atoms with E-state index in [1.165, 1.54) is 0 Å². The largest absolute Gasteiger partial charge is 0.497 e. The highest BCUT2D eigenvalue weighted by molar-refractivity contribution is 5.36. The molecule has 4 nitrogen and oxygen atoms in total. The molecule has 2 rings (SSSR count). The number of ether oxygens (including phenoxy) is 2. The van der Waals surface area contributed by atoms with Gasteiger partial charge in [0.25, 0.3) is 0 Å². The molecular weight excluding hydrogens is 264 g/mol. The van der Waals surface area contributed by atoms with E-state index in [2.05, 4.69) is 11.9 Å². The molecule has 0 fully saturated rings. The molecule has 2 aromatic rings. The molecule has 0 aliphatic carbocycles. The van der Waals surface area contributed by atoms with Crippen LogP contribution in [0.4, 0.5) is 0 Å². The zero-order valence-corrected chi connectivity index (χ0v) is 12.8. The van der Waals surface area contributed by atoms with Gasteiger partial charge in [-0.15, -0.1) is 0 Å². The number of hydrogen-bond donors (Lipinski definition) is 1. The Kier molecular flexibility index (Phi) is 5.17. The summed E-state index contributed by atoms with van der Waals surface area (Å²) in [6, 6.07) is 11.6. The highest BCUT2D eigenvalue weighted by Crippen LogP contribution is 2.26. The predicted octanol–water partition coefficient (Wildman–Crippen LogP) is 3.39. The molecule has 4 heteroatoms. The average Bonchev–Trinajstić information content (AvgIpc) is 2.51. The summed E-state index contributed by atoms with van der Waals surface area (Å²) in [4.78, 5) is 4.46. The molecule has 0 saturated heterocycles. The van der Waals surface area contributed by atoms with Crippen molar-refractivity contribution in [1.82, 2.24) is 4.98 Å². The van der Waals surface area contributed by atoms with Crippen molar-refractivity contribution in [1.29, 1.82) is 0 Å². The van der Waals surface area contributed by atoms with Crippen LogP contribution in [-0.2, 0) is 6.61 Å². The van der Waals surface area contributed by atoms with Crippen LogP contribution >= 0.6 is 0 Å². The van der Waals surface area contributed by atoms with Gasteiger partial charge in [-0.05, 0) is 19.4 Å². The van der Waals surface area contributed by atoms with Crippen LogP contribution in [0.1, 0.15) is 36.3 Å². The lowest BCUT2D eigenvalue weighted by Gasteiger charge is -2.15. The third-order valence-electron chi connectivity index (χ3n) is 3.35. The Morgan fingerprint density at radius 1 is 1.24 bits per heavy atom. The van der Waals surface area contributed by atoms with E-state index in [1.54, 1.807) is 7.11 Å². The molecule has 2 N–H and O–H groups in total. The second-order valence-electron chi connectivity index (χ2n) is 4.98. The first kappa shape index (κ1) is 15.3. The van der Waals surface area contributed by atoms with Gasteiger partial charge in [0, 0.05) is 29.4 Å². The molecule has 0 unspecified atom stereocenters. The lowest BCUT2D eigenvalue weighted by Crippen LogP contribution is -2.11. The Morgan fingerprint density at radius 2 is 2.00 bits per heavy atom. The maximum Gasteiger partial charge on any atom is 0.130 e. The van der Waals surface area contributed by atoms with Crippen molar-refractivity contribution in [3.63, 3.8) is 0 Å². The fraction of sp³-hybridized carbons (Fsp3) is 0.353. The van der Waals surface area contributed by atoms with E-state index in [-0.39, 0.29) is 6.04 Å². The van der Waals surface area contributed by atoms with Crippen LogP contribution in [0.15, 0.2) is 36.4 Å². The fourth-order valence-corrected chi connectivity index (χ4v) is 2.18. The maximum atomic E-state index is 6.12. The van der Waals surface area contributed by atoms with Crippen molar-refractivity contribution in [2.24, 2.45) is 5.73 Å². The van der Waals surface area contributed by atoms with E-state index >= 15 is 0 Å². The summed E-state index contributed by atoms with van der Waals surface area (Å²) in [5.41, 5.74) is 8.89. The molecule has 1 heterocycles. The molecular formula is C17H22N2O2. The topological polar surface area (TPSA) is 57.4 Å². The molecule has 0 aliphatic rings. The van der Waals surface area contributed by atoms with Gasteiger partial charge in [0.2, 0.25) is 0 Å². The zero-order valence-electron chi connectivity index (χ0n) is 12.8. The van der Waals surface area contributed by atoms with Crippen LogP contribution in [0.2, 0.25) is 0 Å². The number of rotatable bonds is 6. The fourth-order valence-electron chi connectivity index (χ4n) is 2.18. The van der Waals surface area contributed by atoms with Crippen molar-refractivity contribution in [3.8, 4) is 11.5 Å². The highest BCUT2D eigenvalue weighted by atomic mass is 16.5. The molecule has 0 spiro atoms. The summed E-state index contributed by atoms with van der Waals surface area (Å²) >= 11 is 0. The van der Waals surface area contributed by atoms with Crippen molar-refractivity contribution >= 4 is 0 Å². The third kappa shape index (κ3) is 3.95. The second-order valence-corrected chi connectivity index (χ2v) is 4.98. The predicted molar refractivity (Wildman–Crippen MR) is 83.5 cm³/mol. The smallest absolute Gasteiger partial charge is 0.130 e. The molecule has 0 radical (unpaired) electrons.